The lowest BCUT2D eigenvalue weighted by atomic mass is 10.0. The lowest BCUT2D eigenvalue weighted by Crippen LogP contribution is -2.15. The van der Waals surface area contributed by atoms with Crippen molar-refractivity contribution in [3.8, 4) is 17.2 Å². The second-order valence-electron chi connectivity index (χ2n) is 6.44. The normalized spacial score (nSPS) is 16.1. The minimum atomic E-state index is -0.114. The first kappa shape index (κ1) is 18.4. The first-order chi connectivity index (χ1) is 13.6. The summed E-state index contributed by atoms with van der Waals surface area (Å²) < 4.78 is 12.8. The lowest BCUT2D eigenvalue weighted by molar-refractivity contribution is -0.113. The molecule has 1 N–H and O–H groups in total. The predicted molar refractivity (Wildman–Crippen MR) is 111 cm³/mol. The topological polar surface area (TPSA) is 65.4 Å². The van der Waals surface area contributed by atoms with Crippen LogP contribution in [0.2, 0.25) is 0 Å². The molecule has 1 aliphatic heterocycles. The number of rotatable bonds is 4. The van der Waals surface area contributed by atoms with Crippen molar-refractivity contribution in [3.63, 3.8) is 0 Å². The third kappa shape index (κ3) is 3.22. The van der Waals surface area contributed by atoms with Gasteiger partial charge in [-0.1, -0.05) is 18.2 Å². The molecule has 0 spiro atoms. The number of ether oxygens (including phenoxy) is 2. The number of benzene rings is 2. The Morgan fingerprint density at radius 2 is 1.93 bits per heavy atom. The van der Waals surface area contributed by atoms with Crippen molar-refractivity contribution in [2.75, 3.05) is 25.3 Å². The molecular formula is C21H21N3O3S. The van der Waals surface area contributed by atoms with Gasteiger partial charge in [-0.15, -0.1) is 11.8 Å². The zero-order valence-electron chi connectivity index (χ0n) is 15.9. The maximum Gasteiger partial charge on any atom is 0.235 e. The zero-order valence-corrected chi connectivity index (χ0v) is 16.7. The standard InChI is InChI=1S/C21H21N3O3S/c1-13-19-20(16-11-15(26-2)9-10-17(16)27-3)28-12-18(25)22-21(19)24(23-13)14-7-5-4-6-8-14/h4-11,20H,12H2,1-3H3,(H,22,25). The van der Waals surface area contributed by atoms with E-state index in [1.807, 2.05) is 55.5 Å². The second kappa shape index (κ2) is 7.59. The zero-order chi connectivity index (χ0) is 19.7. The third-order valence-electron chi connectivity index (χ3n) is 4.73. The number of amides is 1. The van der Waals surface area contributed by atoms with E-state index in [0.717, 1.165) is 34.0 Å². The van der Waals surface area contributed by atoms with Crippen molar-refractivity contribution in [2.45, 2.75) is 12.2 Å². The van der Waals surface area contributed by atoms with Gasteiger partial charge in [-0.2, -0.15) is 5.10 Å². The van der Waals surface area contributed by atoms with Crippen LogP contribution in [0.25, 0.3) is 5.69 Å². The van der Waals surface area contributed by atoms with E-state index in [1.54, 1.807) is 30.7 Å². The molecular weight excluding hydrogens is 374 g/mol. The fraction of sp³-hybridized carbons (Fsp3) is 0.238. The van der Waals surface area contributed by atoms with Crippen molar-refractivity contribution in [2.24, 2.45) is 0 Å². The number of para-hydroxylation sites is 1. The van der Waals surface area contributed by atoms with Crippen LogP contribution < -0.4 is 14.8 Å². The van der Waals surface area contributed by atoms with Crippen LogP contribution in [-0.4, -0.2) is 35.7 Å². The maximum absolute atomic E-state index is 12.5. The summed E-state index contributed by atoms with van der Waals surface area (Å²) in [6, 6.07) is 15.5. The van der Waals surface area contributed by atoms with Gasteiger partial charge in [0, 0.05) is 11.1 Å². The number of anilines is 1. The number of thioether (sulfide) groups is 1. The quantitative estimate of drug-likeness (QED) is 0.724. The van der Waals surface area contributed by atoms with Crippen LogP contribution >= 0.6 is 11.8 Å². The minimum Gasteiger partial charge on any atom is -0.497 e. The van der Waals surface area contributed by atoms with Gasteiger partial charge in [0.05, 0.1) is 36.6 Å². The highest BCUT2D eigenvalue weighted by molar-refractivity contribution is 8.00. The molecule has 0 bridgehead atoms. The number of carbonyl (C=O) groups is 1. The van der Waals surface area contributed by atoms with Gasteiger partial charge >= 0.3 is 0 Å². The molecule has 1 unspecified atom stereocenters. The Hall–Kier alpha value is -2.93. The Bertz CT molecular complexity index is 1020. The summed E-state index contributed by atoms with van der Waals surface area (Å²) in [4.78, 5) is 12.5. The largest absolute Gasteiger partial charge is 0.497 e. The van der Waals surface area contributed by atoms with Crippen molar-refractivity contribution in [3.05, 3.63) is 65.4 Å². The molecule has 1 amide bonds. The van der Waals surface area contributed by atoms with Gasteiger partial charge in [0.2, 0.25) is 5.91 Å². The minimum absolute atomic E-state index is 0.0484. The number of nitrogens with zero attached hydrogens (tertiary/aromatic N) is 2. The highest BCUT2D eigenvalue weighted by Gasteiger charge is 2.32. The smallest absolute Gasteiger partial charge is 0.235 e. The van der Waals surface area contributed by atoms with Crippen LogP contribution in [0.1, 0.15) is 22.1 Å². The van der Waals surface area contributed by atoms with Gasteiger partial charge in [0.1, 0.15) is 17.3 Å². The van der Waals surface area contributed by atoms with E-state index in [1.165, 1.54) is 0 Å². The molecule has 7 heteroatoms. The van der Waals surface area contributed by atoms with Gasteiger partial charge < -0.3 is 14.8 Å². The second-order valence-corrected chi connectivity index (χ2v) is 7.54. The van der Waals surface area contributed by atoms with Crippen LogP contribution in [-0.2, 0) is 4.79 Å². The van der Waals surface area contributed by atoms with E-state index in [0.29, 0.717) is 11.6 Å². The van der Waals surface area contributed by atoms with Crippen molar-refractivity contribution < 1.29 is 14.3 Å². The van der Waals surface area contributed by atoms with Crippen LogP contribution in [0.15, 0.2) is 48.5 Å². The molecule has 3 aromatic rings. The predicted octanol–water partition coefficient (Wildman–Crippen LogP) is 3.97. The highest BCUT2D eigenvalue weighted by Crippen LogP contribution is 2.47. The molecule has 4 rings (SSSR count). The third-order valence-corrected chi connectivity index (χ3v) is 5.98. The number of methoxy groups -OCH3 is 2. The Morgan fingerprint density at radius 1 is 1.14 bits per heavy atom. The Balaban J connectivity index is 1.92. The summed E-state index contributed by atoms with van der Waals surface area (Å²) in [6.45, 7) is 1.97. The van der Waals surface area contributed by atoms with Crippen LogP contribution in [0.5, 0.6) is 11.5 Å². The SMILES string of the molecule is COc1ccc(OC)c(C2SCC(=O)Nc3c2c(C)nn3-c2ccccc2)c1. The van der Waals surface area contributed by atoms with Crippen LogP contribution in [0.4, 0.5) is 5.82 Å². The van der Waals surface area contributed by atoms with Crippen LogP contribution in [0, 0.1) is 6.92 Å². The number of aromatic nitrogens is 2. The van der Waals surface area contributed by atoms with Crippen LogP contribution in [0.3, 0.4) is 0 Å². The average Bonchev–Trinajstić information content (AvgIpc) is 2.93. The molecule has 2 heterocycles. The summed E-state index contributed by atoms with van der Waals surface area (Å²) in [5.74, 6) is 2.50. The number of fused-ring (bicyclic) bond motifs is 1. The number of nitrogens with one attached hydrogen (secondary N) is 1. The summed E-state index contributed by atoms with van der Waals surface area (Å²) >= 11 is 1.56. The Labute approximate surface area is 167 Å². The molecule has 1 atom stereocenters. The molecule has 6 nitrogen and oxygen atoms in total. The maximum atomic E-state index is 12.5. The molecule has 0 radical (unpaired) electrons. The number of hydrogen-bond acceptors (Lipinski definition) is 5. The van der Waals surface area contributed by atoms with Crippen molar-refractivity contribution >= 4 is 23.5 Å². The van der Waals surface area contributed by atoms with Crippen molar-refractivity contribution in [1.29, 1.82) is 0 Å². The molecule has 0 aliphatic carbocycles. The van der Waals surface area contributed by atoms with Gasteiger partial charge in [-0.05, 0) is 37.3 Å². The molecule has 1 aliphatic rings. The fourth-order valence-corrected chi connectivity index (χ4v) is 4.63. The van der Waals surface area contributed by atoms with E-state index in [4.69, 9.17) is 14.6 Å². The molecule has 144 valence electrons. The molecule has 0 saturated heterocycles. The van der Waals surface area contributed by atoms with Gasteiger partial charge in [-0.3, -0.25) is 4.79 Å². The number of aryl methyl sites for hydroxylation is 1. The Morgan fingerprint density at radius 3 is 2.64 bits per heavy atom. The monoisotopic (exact) mass is 395 g/mol. The molecule has 1 aromatic heterocycles. The van der Waals surface area contributed by atoms with Gasteiger partial charge in [0.25, 0.3) is 0 Å². The molecule has 28 heavy (non-hydrogen) atoms. The molecule has 0 saturated carbocycles. The highest BCUT2D eigenvalue weighted by atomic mass is 32.2. The van der Waals surface area contributed by atoms with E-state index in [2.05, 4.69) is 5.32 Å². The van der Waals surface area contributed by atoms with Gasteiger partial charge in [-0.25, -0.2) is 4.68 Å². The Kier molecular flexibility index (Phi) is 5.00. The summed E-state index contributed by atoms with van der Waals surface area (Å²) in [5.41, 5.74) is 3.70. The van der Waals surface area contributed by atoms with E-state index in [9.17, 15) is 4.79 Å². The fourth-order valence-electron chi connectivity index (χ4n) is 3.43. The first-order valence-electron chi connectivity index (χ1n) is 8.90. The molecule has 2 aromatic carbocycles. The molecule has 0 fully saturated rings. The van der Waals surface area contributed by atoms with E-state index < -0.39 is 0 Å². The number of hydrogen-bond donors (Lipinski definition) is 1. The summed E-state index contributed by atoms with van der Waals surface area (Å²) in [5, 5.41) is 7.66. The number of carbonyl (C=O) groups excluding carboxylic acids is 1. The average molecular weight is 395 g/mol. The van der Waals surface area contributed by atoms with Crippen molar-refractivity contribution in [1.82, 2.24) is 9.78 Å². The lowest BCUT2D eigenvalue weighted by Gasteiger charge is -2.19. The van der Waals surface area contributed by atoms with E-state index >= 15 is 0 Å². The van der Waals surface area contributed by atoms with E-state index in [-0.39, 0.29) is 11.2 Å². The first-order valence-corrected chi connectivity index (χ1v) is 9.95. The summed E-state index contributed by atoms with van der Waals surface area (Å²) in [7, 11) is 3.29. The van der Waals surface area contributed by atoms with Gasteiger partial charge in [0.15, 0.2) is 0 Å². The summed E-state index contributed by atoms with van der Waals surface area (Å²) in [6.07, 6.45) is 0.